The van der Waals surface area contributed by atoms with Crippen LogP contribution in [0.25, 0.3) is 5.52 Å². The molecule has 2 heterocycles. The molecule has 1 aromatic carbocycles. The molecule has 0 aliphatic heterocycles. The van der Waals surface area contributed by atoms with E-state index in [1.54, 1.807) is 31.4 Å². The number of nitrogens with one attached hydrogen (secondary N) is 1. The Hall–Kier alpha value is -4.71. The van der Waals surface area contributed by atoms with Gasteiger partial charge in [-0.2, -0.15) is 10.4 Å². The van der Waals surface area contributed by atoms with E-state index in [1.807, 2.05) is 32.9 Å². The van der Waals surface area contributed by atoms with E-state index in [2.05, 4.69) is 15.2 Å². The molecule has 0 radical (unpaired) electrons. The molecule has 3 aromatic rings. The number of benzene rings is 1. The van der Waals surface area contributed by atoms with Crippen molar-refractivity contribution in [2.45, 2.75) is 103 Å². The number of rotatable bonds is 16. The van der Waals surface area contributed by atoms with Crippen molar-refractivity contribution in [3.63, 3.8) is 0 Å². The minimum absolute atomic E-state index is 0.121. The predicted molar refractivity (Wildman–Crippen MR) is 178 cm³/mol. The van der Waals surface area contributed by atoms with Gasteiger partial charge in [0.25, 0.3) is 6.26 Å². The molecular weight excluding hydrogens is 671 g/mol. The van der Waals surface area contributed by atoms with E-state index in [9.17, 15) is 24.2 Å². The first-order valence-electron chi connectivity index (χ1n) is 16.1. The third-order valence-electron chi connectivity index (χ3n) is 7.82. The lowest BCUT2D eigenvalue weighted by atomic mass is 9.87. The van der Waals surface area contributed by atoms with Gasteiger partial charge in [0.05, 0.1) is 12.1 Å². The molecule has 1 saturated carbocycles. The number of nitrogens with zero attached hydrogens (tertiary/aromatic N) is 4. The number of anilines is 1. The first kappa shape index (κ1) is 38.1. The Labute approximate surface area is 290 Å². The second-order valence-electron chi connectivity index (χ2n) is 13.0. The highest BCUT2D eigenvalue weighted by atomic mass is 31.2. The summed E-state index contributed by atoms with van der Waals surface area (Å²) in [4.78, 5) is 41.3. The molecule has 0 bridgehead atoms. The predicted octanol–water partition coefficient (Wildman–Crippen LogP) is 4.68. The maximum Gasteiger partial charge on any atom is 0.459 e. The quantitative estimate of drug-likeness (QED) is 0.0891. The lowest BCUT2D eigenvalue weighted by Crippen LogP contribution is -2.42. The fraction of sp³-hybridized carbons (Fsp3) is 0.515. The largest absolute Gasteiger partial charge is 0.462 e. The van der Waals surface area contributed by atoms with Crippen LogP contribution in [0.15, 0.2) is 42.7 Å². The molecule has 3 N–H and O–H groups in total. The summed E-state index contributed by atoms with van der Waals surface area (Å²) >= 11 is 0. The molecular formula is C33H43N6O10P. The molecule has 1 aliphatic rings. The van der Waals surface area contributed by atoms with E-state index >= 15 is 0 Å². The van der Waals surface area contributed by atoms with Crippen LogP contribution in [0.1, 0.15) is 84.6 Å². The monoisotopic (exact) mass is 714 g/mol. The van der Waals surface area contributed by atoms with E-state index in [0.29, 0.717) is 5.52 Å². The third kappa shape index (κ3) is 10.2. The SMILES string of the molecule is CC(=O)O[C@H]([C@@H](COP(=O)(N[C@@H](C)CC(=O)OC1CCC1)Oc1ccc(C(C)(C)C)cc1)OC#N)[C@@H](OC(C)=O)c1ccc2c(N)ncnn12. The number of carbonyl (C=O) groups is 3. The van der Waals surface area contributed by atoms with Crippen LogP contribution < -0.4 is 15.3 Å². The number of hydrogen-bond donors (Lipinski definition) is 2. The number of carbonyl (C=O) groups excluding carboxylic acids is 3. The van der Waals surface area contributed by atoms with Crippen LogP contribution in [-0.2, 0) is 47.8 Å². The van der Waals surface area contributed by atoms with Gasteiger partial charge in [-0.1, -0.05) is 32.9 Å². The van der Waals surface area contributed by atoms with E-state index < -0.39 is 56.6 Å². The molecule has 2 aromatic heterocycles. The van der Waals surface area contributed by atoms with Crippen molar-refractivity contribution in [3.05, 3.63) is 54.0 Å². The lowest BCUT2D eigenvalue weighted by Gasteiger charge is -2.31. The van der Waals surface area contributed by atoms with Crippen LogP contribution in [0, 0.1) is 11.5 Å². The first-order chi connectivity index (χ1) is 23.6. The van der Waals surface area contributed by atoms with Gasteiger partial charge >= 0.3 is 25.7 Å². The van der Waals surface area contributed by atoms with Gasteiger partial charge in [-0.15, -0.1) is 0 Å². The van der Waals surface area contributed by atoms with Crippen molar-refractivity contribution in [2.24, 2.45) is 0 Å². The van der Waals surface area contributed by atoms with Crippen molar-refractivity contribution < 1.29 is 46.9 Å². The highest BCUT2D eigenvalue weighted by molar-refractivity contribution is 7.52. The van der Waals surface area contributed by atoms with Gasteiger partial charge in [-0.3, -0.25) is 18.9 Å². The Morgan fingerprint density at radius 1 is 1.10 bits per heavy atom. The fourth-order valence-corrected chi connectivity index (χ4v) is 6.71. The van der Waals surface area contributed by atoms with Crippen LogP contribution in [0.2, 0.25) is 0 Å². The van der Waals surface area contributed by atoms with Gasteiger partial charge in [0, 0.05) is 19.9 Å². The van der Waals surface area contributed by atoms with Crippen molar-refractivity contribution >= 4 is 37.0 Å². The smallest absolute Gasteiger partial charge is 0.459 e. The summed E-state index contributed by atoms with van der Waals surface area (Å²) < 4.78 is 49.4. The normalized spacial score (nSPS) is 16.8. The zero-order chi connectivity index (χ0) is 36.6. The number of aromatic nitrogens is 3. The summed E-state index contributed by atoms with van der Waals surface area (Å²) in [5.41, 5.74) is 7.37. The van der Waals surface area contributed by atoms with Crippen LogP contribution >= 0.6 is 7.75 Å². The van der Waals surface area contributed by atoms with Crippen molar-refractivity contribution in [3.8, 4) is 12.0 Å². The summed E-state index contributed by atoms with van der Waals surface area (Å²) in [6.07, 6.45) is 0.533. The zero-order valence-electron chi connectivity index (χ0n) is 28.9. The van der Waals surface area contributed by atoms with Crippen molar-refractivity contribution in [1.82, 2.24) is 19.7 Å². The molecule has 17 heteroatoms. The maximum absolute atomic E-state index is 14.4. The summed E-state index contributed by atoms with van der Waals surface area (Å²) in [7, 11) is -4.39. The van der Waals surface area contributed by atoms with Crippen LogP contribution in [0.5, 0.6) is 5.75 Å². The highest BCUT2D eigenvalue weighted by Crippen LogP contribution is 2.46. The minimum Gasteiger partial charge on any atom is -0.462 e. The molecule has 1 aliphatic carbocycles. The highest BCUT2D eigenvalue weighted by Gasteiger charge is 2.42. The third-order valence-corrected chi connectivity index (χ3v) is 9.52. The molecule has 1 fully saturated rings. The number of esters is 3. The molecule has 270 valence electrons. The van der Waals surface area contributed by atoms with Crippen LogP contribution in [0.3, 0.4) is 0 Å². The standard InChI is InChI=1S/C33H43N6O10P/c1-20(16-29(42)48-24-8-7-9-24)38-50(43,49-25-12-10-23(11-13-25)33(4,5)6)45-17-28(44-18-34)31(47-22(3)41)30(46-21(2)40)26-14-15-27-32(35)36-19-37-39(26)27/h10-15,19-20,24,28,30-31H,7-9,16-17H2,1-6H3,(H,38,43)(H2,35,36,37)/t20-,28+,30-,31+,50?/m0/s1. The number of hydrogen-bond acceptors (Lipinski definition) is 14. The van der Waals surface area contributed by atoms with Gasteiger partial charge in [0.15, 0.2) is 24.1 Å². The maximum atomic E-state index is 14.4. The molecule has 0 saturated heterocycles. The zero-order valence-corrected chi connectivity index (χ0v) is 29.8. The van der Waals surface area contributed by atoms with Gasteiger partial charge in [-0.05, 0) is 61.4 Å². The second-order valence-corrected chi connectivity index (χ2v) is 14.7. The van der Waals surface area contributed by atoms with Gasteiger partial charge in [-0.25, -0.2) is 19.2 Å². The van der Waals surface area contributed by atoms with Crippen LogP contribution in [0.4, 0.5) is 5.82 Å². The van der Waals surface area contributed by atoms with E-state index in [1.165, 1.54) is 16.9 Å². The lowest BCUT2D eigenvalue weighted by molar-refractivity contribution is -0.177. The summed E-state index contributed by atoms with van der Waals surface area (Å²) in [6, 6.07) is 9.22. The number of nitrogens with two attached hydrogens (primary N) is 1. The molecule has 0 amide bonds. The van der Waals surface area contributed by atoms with Gasteiger partial charge in [0.2, 0.25) is 0 Å². The van der Waals surface area contributed by atoms with Crippen molar-refractivity contribution in [2.75, 3.05) is 12.3 Å². The number of fused-ring (bicyclic) bond motifs is 1. The summed E-state index contributed by atoms with van der Waals surface area (Å²) in [5, 5.41) is 16.6. The van der Waals surface area contributed by atoms with Gasteiger partial charge < -0.3 is 29.2 Å². The van der Waals surface area contributed by atoms with E-state index in [0.717, 1.165) is 38.7 Å². The Balaban J connectivity index is 1.65. The topological polar surface area (TPSA) is 216 Å². The second kappa shape index (κ2) is 16.3. The molecule has 1 unspecified atom stereocenters. The average Bonchev–Trinajstić information content (AvgIpc) is 3.44. The Morgan fingerprint density at radius 3 is 2.36 bits per heavy atom. The van der Waals surface area contributed by atoms with Crippen LogP contribution in [-0.4, -0.2) is 63.5 Å². The molecule has 5 atom stereocenters. The fourth-order valence-electron chi connectivity index (χ4n) is 5.16. The first-order valence-corrected chi connectivity index (χ1v) is 17.6. The van der Waals surface area contributed by atoms with Gasteiger partial charge in [0.1, 0.15) is 30.3 Å². The Bertz CT molecular complexity index is 1750. The average molecular weight is 715 g/mol. The molecule has 4 rings (SSSR count). The molecule has 50 heavy (non-hydrogen) atoms. The molecule has 0 spiro atoms. The Kier molecular flexibility index (Phi) is 12.4. The number of nitriles is 1. The van der Waals surface area contributed by atoms with Crippen molar-refractivity contribution in [1.29, 1.82) is 5.26 Å². The number of nitrogen functional groups attached to an aromatic ring is 1. The Morgan fingerprint density at radius 2 is 1.78 bits per heavy atom. The summed E-state index contributed by atoms with van der Waals surface area (Å²) in [6.45, 7) is 9.30. The van der Waals surface area contributed by atoms with E-state index in [4.69, 9.17) is 33.7 Å². The molecule has 16 nitrogen and oxygen atoms in total. The summed E-state index contributed by atoms with van der Waals surface area (Å²) in [5.74, 6) is -1.76. The minimum atomic E-state index is -4.39. The number of ether oxygens (including phenoxy) is 4. The van der Waals surface area contributed by atoms with E-state index in [-0.39, 0.29) is 35.2 Å².